The predicted octanol–water partition coefficient (Wildman–Crippen LogP) is 1.67. The van der Waals surface area contributed by atoms with Gasteiger partial charge in [-0.25, -0.2) is 14.6 Å². The lowest BCUT2D eigenvalue weighted by Gasteiger charge is -2.40. The fraction of sp³-hybridized carbons (Fsp3) is 0.857. The minimum Gasteiger partial charge on any atom is -0.480 e. The number of amides is 2. The smallest absolute Gasteiger partial charge is 0.332 e. The number of hydrogen-bond acceptors (Lipinski definition) is 3. The second kappa shape index (κ2) is 5.99. The van der Waals surface area contributed by atoms with Gasteiger partial charge in [-0.15, -0.1) is 0 Å². The fourth-order valence-corrected chi connectivity index (χ4v) is 3.37. The van der Waals surface area contributed by atoms with Gasteiger partial charge < -0.3 is 10.0 Å². The molecule has 0 aromatic carbocycles. The second-order valence-corrected chi connectivity index (χ2v) is 6.20. The monoisotopic (exact) mass is 283 g/mol. The Kier molecular flexibility index (Phi) is 4.52. The molecule has 0 aromatic rings. The van der Waals surface area contributed by atoms with Crippen molar-refractivity contribution in [3.63, 3.8) is 0 Å². The van der Waals surface area contributed by atoms with E-state index in [9.17, 15) is 14.7 Å². The topological polar surface area (TPSA) is 72.9 Å². The maximum atomic E-state index is 12.4. The molecule has 6 heteroatoms. The Morgan fingerprint density at radius 2 is 1.70 bits per heavy atom. The third-order valence-electron chi connectivity index (χ3n) is 4.63. The molecule has 2 aliphatic heterocycles. The normalized spacial score (nSPS) is 35.0. The van der Waals surface area contributed by atoms with Gasteiger partial charge in [0.25, 0.3) is 0 Å². The minimum atomic E-state index is -0.912. The number of hydrogen-bond donors (Lipinski definition) is 2. The summed E-state index contributed by atoms with van der Waals surface area (Å²) in [4.78, 5) is 25.1. The van der Waals surface area contributed by atoms with Gasteiger partial charge in [-0.2, -0.15) is 0 Å². The number of carboxylic acid groups (broad SMARTS) is 1. The van der Waals surface area contributed by atoms with Gasteiger partial charge in [-0.3, -0.25) is 5.43 Å². The first-order valence-electron chi connectivity index (χ1n) is 7.50. The maximum absolute atomic E-state index is 12.4. The van der Waals surface area contributed by atoms with Crippen molar-refractivity contribution in [1.82, 2.24) is 15.3 Å². The Hall–Kier alpha value is -1.30. The summed E-state index contributed by atoms with van der Waals surface area (Å²) in [5.41, 5.74) is 2.92. The third kappa shape index (κ3) is 2.90. The zero-order valence-electron chi connectivity index (χ0n) is 12.5. The number of aliphatic carboxylic acids is 1. The molecular weight excluding hydrogens is 258 g/mol. The molecule has 2 rings (SSSR count). The maximum Gasteiger partial charge on any atom is 0.332 e. The Morgan fingerprint density at radius 3 is 2.25 bits per heavy atom. The van der Waals surface area contributed by atoms with Crippen LogP contribution in [-0.2, 0) is 4.79 Å². The highest BCUT2D eigenvalue weighted by molar-refractivity contribution is 5.83. The summed E-state index contributed by atoms with van der Waals surface area (Å²) < 4.78 is 0. The van der Waals surface area contributed by atoms with Gasteiger partial charge >= 0.3 is 12.0 Å². The largest absolute Gasteiger partial charge is 0.480 e. The first-order chi connectivity index (χ1) is 9.41. The molecule has 0 aromatic heterocycles. The van der Waals surface area contributed by atoms with Crippen molar-refractivity contribution >= 4 is 12.0 Å². The van der Waals surface area contributed by atoms with Crippen LogP contribution in [0.2, 0.25) is 0 Å². The fourth-order valence-electron chi connectivity index (χ4n) is 3.37. The zero-order chi connectivity index (χ0) is 14.9. The molecule has 0 saturated carbocycles. The standard InChI is InChI=1S/C14H25N3O3/c1-9-7-8-16(12(9)13(18)19)14(20)15-17-10(2)5-4-6-11(17)3/h9-12H,4-8H2,1-3H3,(H,15,20)(H,18,19). The first kappa shape index (κ1) is 15.1. The molecular formula is C14H25N3O3. The lowest BCUT2D eigenvalue weighted by atomic mass is 10.00. The van der Waals surface area contributed by atoms with E-state index in [4.69, 9.17) is 0 Å². The summed E-state index contributed by atoms with van der Waals surface area (Å²) in [5, 5.41) is 11.3. The first-order valence-corrected chi connectivity index (χ1v) is 7.50. The number of carbonyl (C=O) groups is 2. The number of hydrazine groups is 1. The van der Waals surface area contributed by atoms with Gasteiger partial charge in [-0.1, -0.05) is 13.3 Å². The summed E-state index contributed by atoms with van der Waals surface area (Å²) >= 11 is 0. The molecule has 2 saturated heterocycles. The Morgan fingerprint density at radius 1 is 1.10 bits per heavy atom. The van der Waals surface area contributed by atoms with Crippen LogP contribution in [0.25, 0.3) is 0 Å². The molecule has 114 valence electrons. The summed E-state index contributed by atoms with van der Waals surface area (Å²) in [5.74, 6) is -0.903. The highest BCUT2D eigenvalue weighted by Gasteiger charge is 2.40. The van der Waals surface area contributed by atoms with Crippen LogP contribution in [0.3, 0.4) is 0 Å². The quantitative estimate of drug-likeness (QED) is 0.808. The van der Waals surface area contributed by atoms with Crippen LogP contribution in [0.15, 0.2) is 0 Å². The summed E-state index contributed by atoms with van der Waals surface area (Å²) in [6.45, 7) is 6.59. The SMILES string of the molecule is CC1CCN(C(=O)NN2C(C)CCCC2C)C1C(=O)O. The van der Waals surface area contributed by atoms with Gasteiger partial charge in [0.05, 0.1) is 0 Å². The number of likely N-dealkylation sites (tertiary alicyclic amines) is 1. The summed E-state index contributed by atoms with van der Waals surface area (Å²) in [6.07, 6.45) is 4.04. The summed E-state index contributed by atoms with van der Waals surface area (Å²) in [7, 11) is 0. The van der Waals surface area contributed by atoms with Crippen LogP contribution in [0, 0.1) is 5.92 Å². The van der Waals surface area contributed by atoms with Crippen LogP contribution in [-0.4, -0.2) is 51.7 Å². The summed E-state index contributed by atoms with van der Waals surface area (Å²) in [6, 6.07) is -0.384. The number of urea groups is 1. The highest BCUT2D eigenvalue weighted by atomic mass is 16.4. The molecule has 4 atom stereocenters. The van der Waals surface area contributed by atoms with Gasteiger partial charge in [0.2, 0.25) is 0 Å². The van der Waals surface area contributed by atoms with Crippen molar-refractivity contribution < 1.29 is 14.7 Å². The molecule has 20 heavy (non-hydrogen) atoms. The van der Waals surface area contributed by atoms with E-state index in [0.29, 0.717) is 18.6 Å². The highest BCUT2D eigenvalue weighted by Crippen LogP contribution is 2.25. The van der Waals surface area contributed by atoms with E-state index in [1.54, 1.807) is 0 Å². The lowest BCUT2D eigenvalue weighted by Crippen LogP contribution is -2.58. The third-order valence-corrected chi connectivity index (χ3v) is 4.63. The van der Waals surface area contributed by atoms with Crippen molar-refractivity contribution in [2.45, 2.75) is 64.6 Å². The molecule has 2 aliphatic rings. The molecule has 6 nitrogen and oxygen atoms in total. The van der Waals surface area contributed by atoms with E-state index < -0.39 is 12.0 Å². The Labute approximate surface area is 120 Å². The second-order valence-electron chi connectivity index (χ2n) is 6.20. The Balaban J connectivity index is 2.02. The van der Waals surface area contributed by atoms with E-state index in [0.717, 1.165) is 19.3 Å². The van der Waals surface area contributed by atoms with Crippen molar-refractivity contribution in [2.75, 3.05) is 6.54 Å². The number of piperidine rings is 1. The molecule has 2 N–H and O–H groups in total. The number of nitrogens with zero attached hydrogens (tertiary/aromatic N) is 2. The van der Waals surface area contributed by atoms with E-state index >= 15 is 0 Å². The molecule has 0 aliphatic carbocycles. The van der Waals surface area contributed by atoms with Crippen LogP contribution < -0.4 is 5.43 Å². The van der Waals surface area contributed by atoms with Gasteiger partial charge in [0, 0.05) is 18.6 Å². The van der Waals surface area contributed by atoms with Crippen LogP contribution >= 0.6 is 0 Å². The molecule has 2 heterocycles. The van der Waals surface area contributed by atoms with Crippen molar-refractivity contribution in [2.24, 2.45) is 5.92 Å². The molecule has 2 fully saturated rings. The van der Waals surface area contributed by atoms with Gasteiger partial charge in [0.1, 0.15) is 6.04 Å². The molecule has 2 amide bonds. The average molecular weight is 283 g/mol. The number of carbonyl (C=O) groups excluding carboxylic acids is 1. The average Bonchev–Trinajstić information content (AvgIpc) is 2.76. The molecule has 4 unspecified atom stereocenters. The van der Waals surface area contributed by atoms with Crippen LogP contribution in [0.5, 0.6) is 0 Å². The molecule has 0 spiro atoms. The van der Waals surface area contributed by atoms with Crippen molar-refractivity contribution in [3.05, 3.63) is 0 Å². The van der Waals surface area contributed by atoms with Gasteiger partial charge in [0.15, 0.2) is 0 Å². The molecule has 0 radical (unpaired) electrons. The van der Waals surface area contributed by atoms with E-state index in [2.05, 4.69) is 19.3 Å². The lowest BCUT2D eigenvalue weighted by molar-refractivity contribution is -0.142. The van der Waals surface area contributed by atoms with Gasteiger partial charge in [-0.05, 0) is 39.0 Å². The predicted molar refractivity (Wildman–Crippen MR) is 75.1 cm³/mol. The van der Waals surface area contributed by atoms with Crippen molar-refractivity contribution in [3.8, 4) is 0 Å². The minimum absolute atomic E-state index is 0.00875. The van der Waals surface area contributed by atoms with Crippen LogP contribution in [0.4, 0.5) is 4.79 Å². The van der Waals surface area contributed by atoms with Crippen molar-refractivity contribution in [1.29, 1.82) is 0 Å². The number of nitrogens with one attached hydrogen (secondary N) is 1. The number of carboxylic acids is 1. The zero-order valence-corrected chi connectivity index (χ0v) is 12.5. The number of rotatable bonds is 2. The van der Waals surface area contributed by atoms with Crippen LogP contribution in [0.1, 0.15) is 46.5 Å². The van der Waals surface area contributed by atoms with E-state index in [-0.39, 0.29) is 11.9 Å². The van der Waals surface area contributed by atoms with E-state index in [1.807, 2.05) is 11.9 Å². The Bertz CT molecular complexity index is 378. The molecule has 0 bridgehead atoms. The van der Waals surface area contributed by atoms with E-state index in [1.165, 1.54) is 11.3 Å².